The Morgan fingerprint density at radius 3 is 2.90 bits per heavy atom. The first kappa shape index (κ1) is 14.9. The second-order valence-electron chi connectivity index (χ2n) is 3.71. The summed E-state index contributed by atoms with van der Waals surface area (Å²) in [6.45, 7) is 1.86. The summed E-state index contributed by atoms with van der Waals surface area (Å²) in [5, 5.41) is 13.5. The maximum Gasteiger partial charge on any atom is 0.236 e. The topological polar surface area (TPSA) is 111 Å². The van der Waals surface area contributed by atoms with E-state index in [9.17, 15) is 9.59 Å². The molecule has 2 aromatic heterocycles. The second-order valence-corrected chi connectivity index (χ2v) is 6.97. The van der Waals surface area contributed by atoms with Gasteiger partial charge in [0.15, 0.2) is 9.47 Å². The van der Waals surface area contributed by atoms with Crippen LogP contribution in [0.5, 0.6) is 0 Å². The van der Waals surface area contributed by atoms with Crippen molar-refractivity contribution in [1.29, 1.82) is 0 Å². The number of carbonyl (C=O) groups excluding carboxylic acids is 2. The third-order valence-electron chi connectivity index (χ3n) is 1.99. The van der Waals surface area contributed by atoms with E-state index < -0.39 is 5.91 Å². The van der Waals surface area contributed by atoms with Gasteiger partial charge in [-0.05, 0) is 6.92 Å². The lowest BCUT2D eigenvalue weighted by atomic mass is 10.3. The van der Waals surface area contributed by atoms with Gasteiger partial charge in [-0.1, -0.05) is 23.1 Å². The summed E-state index contributed by atoms with van der Waals surface area (Å²) in [6, 6.07) is 0. The first-order chi connectivity index (χ1) is 9.52. The van der Waals surface area contributed by atoms with E-state index in [1.54, 1.807) is 5.38 Å². The highest BCUT2D eigenvalue weighted by molar-refractivity contribution is 8.01. The normalized spacial score (nSPS) is 10.4. The summed E-state index contributed by atoms with van der Waals surface area (Å²) in [5.74, 6) is -0.391. The van der Waals surface area contributed by atoms with Crippen molar-refractivity contribution in [1.82, 2.24) is 15.2 Å². The predicted molar refractivity (Wildman–Crippen MR) is 79.0 cm³/mol. The van der Waals surface area contributed by atoms with E-state index in [4.69, 9.17) is 5.73 Å². The first-order valence-electron chi connectivity index (χ1n) is 5.48. The minimum atomic E-state index is -0.449. The number of hydrogen-bond donors (Lipinski definition) is 2. The fourth-order valence-corrected chi connectivity index (χ4v) is 3.59. The molecule has 7 nitrogen and oxygen atoms in total. The number of anilines is 1. The molecule has 0 fully saturated rings. The van der Waals surface area contributed by atoms with E-state index in [2.05, 4.69) is 20.5 Å². The van der Waals surface area contributed by atoms with E-state index in [-0.39, 0.29) is 18.1 Å². The average Bonchev–Trinajstić information content (AvgIpc) is 2.95. The Morgan fingerprint density at radius 1 is 1.45 bits per heavy atom. The van der Waals surface area contributed by atoms with E-state index in [1.807, 2.05) is 6.92 Å². The monoisotopic (exact) mass is 329 g/mol. The van der Waals surface area contributed by atoms with Crippen LogP contribution in [0, 0.1) is 6.92 Å². The number of nitrogens with two attached hydrogens (primary N) is 1. The molecule has 2 amide bonds. The Bertz CT molecular complexity index is 624. The first-order valence-corrected chi connectivity index (χ1v) is 8.16. The van der Waals surface area contributed by atoms with Crippen molar-refractivity contribution in [2.24, 2.45) is 5.73 Å². The average molecular weight is 329 g/mol. The Labute approximate surface area is 127 Å². The van der Waals surface area contributed by atoms with Gasteiger partial charge in [0.25, 0.3) is 0 Å². The van der Waals surface area contributed by atoms with Gasteiger partial charge in [0.2, 0.25) is 11.8 Å². The molecule has 20 heavy (non-hydrogen) atoms. The SMILES string of the molecule is Cc1nnc(SCC(=O)Nc2nc(CC(N)=O)cs2)s1. The standard InChI is InChI=1S/C10H11N5O2S3/c1-5-14-15-10(20-5)19-4-8(17)13-9-12-6(3-18-9)2-7(11)16/h3H,2,4H2,1H3,(H2,11,16)(H,12,13,17). The molecule has 0 aliphatic rings. The second kappa shape index (κ2) is 6.77. The Balaban J connectivity index is 1.82. The van der Waals surface area contributed by atoms with Crippen molar-refractivity contribution in [3.05, 3.63) is 16.1 Å². The number of nitrogens with one attached hydrogen (secondary N) is 1. The quantitative estimate of drug-likeness (QED) is 0.767. The Morgan fingerprint density at radius 2 is 2.25 bits per heavy atom. The highest BCUT2D eigenvalue weighted by atomic mass is 32.2. The molecule has 0 aliphatic carbocycles. The zero-order chi connectivity index (χ0) is 14.5. The molecule has 10 heteroatoms. The molecule has 0 spiro atoms. The van der Waals surface area contributed by atoms with Crippen molar-refractivity contribution >= 4 is 51.4 Å². The van der Waals surface area contributed by atoms with Crippen LogP contribution < -0.4 is 11.1 Å². The van der Waals surface area contributed by atoms with Gasteiger partial charge < -0.3 is 11.1 Å². The van der Waals surface area contributed by atoms with Crippen LogP contribution in [-0.4, -0.2) is 32.7 Å². The number of aryl methyl sites for hydroxylation is 1. The van der Waals surface area contributed by atoms with Gasteiger partial charge in [-0.2, -0.15) is 0 Å². The van der Waals surface area contributed by atoms with E-state index in [0.717, 1.165) is 9.35 Å². The van der Waals surface area contributed by atoms with Crippen LogP contribution in [0.15, 0.2) is 9.72 Å². The fraction of sp³-hybridized carbons (Fsp3) is 0.300. The highest BCUT2D eigenvalue weighted by Crippen LogP contribution is 2.22. The largest absolute Gasteiger partial charge is 0.369 e. The summed E-state index contributed by atoms with van der Waals surface area (Å²) < 4.78 is 0.756. The lowest BCUT2D eigenvalue weighted by molar-refractivity contribution is -0.117. The summed E-state index contributed by atoms with van der Waals surface area (Å²) >= 11 is 4.03. The molecular formula is C10H11N5O2S3. The van der Waals surface area contributed by atoms with Gasteiger partial charge in [-0.3, -0.25) is 9.59 Å². The minimum Gasteiger partial charge on any atom is -0.369 e. The summed E-state index contributed by atoms with van der Waals surface area (Å²) in [6.07, 6.45) is 0.0746. The Hall–Kier alpha value is -1.52. The van der Waals surface area contributed by atoms with Crippen molar-refractivity contribution in [3.8, 4) is 0 Å². The third-order valence-corrected chi connectivity index (χ3v) is 4.77. The summed E-state index contributed by atoms with van der Waals surface area (Å²) in [4.78, 5) is 26.6. The van der Waals surface area contributed by atoms with E-state index in [1.165, 1.54) is 34.4 Å². The zero-order valence-corrected chi connectivity index (χ0v) is 12.9. The molecule has 0 bridgehead atoms. The molecule has 3 N–H and O–H groups in total. The molecule has 2 rings (SSSR count). The highest BCUT2D eigenvalue weighted by Gasteiger charge is 2.10. The van der Waals surface area contributed by atoms with Crippen molar-refractivity contribution < 1.29 is 9.59 Å². The molecule has 0 atom stereocenters. The van der Waals surface area contributed by atoms with Crippen LogP contribution in [0.25, 0.3) is 0 Å². The molecule has 0 aromatic carbocycles. The predicted octanol–water partition coefficient (Wildman–Crippen LogP) is 1.06. The number of primary amides is 1. The number of nitrogens with zero attached hydrogens (tertiary/aromatic N) is 3. The van der Waals surface area contributed by atoms with Crippen molar-refractivity contribution in [2.75, 3.05) is 11.1 Å². The number of thiazole rings is 1. The molecule has 0 radical (unpaired) electrons. The summed E-state index contributed by atoms with van der Waals surface area (Å²) in [5.41, 5.74) is 5.63. The van der Waals surface area contributed by atoms with Crippen LogP contribution in [0.3, 0.4) is 0 Å². The van der Waals surface area contributed by atoms with Crippen LogP contribution in [0.2, 0.25) is 0 Å². The van der Waals surface area contributed by atoms with Crippen LogP contribution >= 0.6 is 34.4 Å². The fourth-order valence-electron chi connectivity index (χ4n) is 1.24. The van der Waals surface area contributed by atoms with E-state index in [0.29, 0.717) is 10.8 Å². The van der Waals surface area contributed by atoms with E-state index >= 15 is 0 Å². The molecule has 0 saturated heterocycles. The third kappa shape index (κ3) is 4.54. The Kier molecular flexibility index (Phi) is 5.04. The van der Waals surface area contributed by atoms with Crippen molar-refractivity contribution in [2.45, 2.75) is 17.7 Å². The smallest absolute Gasteiger partial charge is 0.236 e. The molecule has 0 aliphatic heterocycles. The number of rotatable bonds is 6. The van der Waals surface area contributed by atoms with Gasteiger partial charge in [-0.25, -0.2) is 4.98 Å². The number of hydrogen-bond acceptors (Lipinski definition) is 8. The van der Waals surface area contributed by atoms with Crippen LogP contribution in [0.1, 0.15) is 10.7 Å². The zero-order valence-electron chi connectivity index (χ0n) is 10.5. The number of amides is 2. The molecule has 106 valence electrons. The maximum absolute atomic E-state index is 11.7. The molecular weight excluding hydrogens is 318 g/mol. The van der Waals surface area contributed by atoms with Crippen molar-refractivity contribution in [3.63, 3.8) is 0 Å². The van der Waals surface area contributed by atoms with Crippen LogP contribution in [0.4, 0.5) is 5.13 Å². The molecule has 0 saturated carbocycles. The number of thioether (sulfide) groups is 1. The molecule has 2 aromatic rings. The lowest BCUT2D eigenvalue weighted by Crippen LogP contribution is -2.15. The maximum atomic E-state index is 11.7. The minimum absolute atomic E-state index is 0.0746. The lowest BCUT2D eigenvalue weighted by Gasteiger charge is -1.99. The van der Waals surface area contributed by atoms with Gasteiger partial charge >= 0.3 is 0 Å². The summed E-state index contributed by atoms with van der Waals surface area (Å²) in [7, 11) is 0. The van der Waals surface area contributed by atoms with Gasteiger partial charge in [-0.15, -0.1) is 21.5 Å². The molecule has 2 heterocycles. The van der Waals surface area contributed by atoms with Crippen LogP contribution in [-0.2, 0) is 16.0 Å². The van der Waals surface area contributed by atoms with Gasteiger partial charge in [0.05, 0.1) is 17.9 Å². The number of aromatic nitrogens is 3. The number of carbonyl (C=O) groups is 2. The molecule has 0 unspecified atom stereocenters. The van der Waals surface area contributed by atoms with Gasteiger partial charge in [0.1, 0.15) is 5.01 Å². The van der Waals surface area contributed by atoms with Gasteiger partial charge in [0, 0.05) is 5.38 Å².